The number of anilines is 5. The van der Waals surface area contributed by atoms with E-state index >= 15 is 0 Å². The minimum Gasteiger partial charge on any atom is -0.384 e. The minimum absolute atomic E-state index is 0. The molecule has 2 saturated carbocycles. The van der Waals surface area contributed by atoms with E-state index in [1.165, 1.54) is 12.8 Å². The van der Waals surface area contributed by atoms with Gasteiger partial charge in [0.25, 0.3) is 11.8 Å². The van der Waals surface area contributed by atoms with Gasteiger partial charge in [0.05, 0.1) is 36.9 Å². The highest BCUT2D eigenvalue weighted by molar-refractivity contribution is 6.28. The number of hydrogen-bond acceptors (Lipinski definition) is 14. The summed E-state index contributed by atoms with van der Waals surface area (Å²) in [6.45, 7) is 5.00. The third kappa shape index (κ3) is 10.9. The van der Waals surface area contributed by atoms with E-state index in [2.05, 4.69) is 49.2 Å². The van der Waals surface area contributed by atoms with Gasteiger partial charge in [0.1, 0.15) is 34.3 Å². The smallest absolute Gasteiger partial charge is 0.270 e. The Balaban J connectivity index is 0.000000149. The molecule has 0 atom stereocenters. The number of amides is 4. The summed E-state index contributed by atoms with van der Waals surface area (Å²) >= 11 is 5.92. The van der Waals surface area contributed by atoms with Gasteiger partial charge in [-0.2, -0.15) is 9.97 Å². The van der Waals surface area contributed by atoms with Crippen molar-refractivity contribution in [2.24, 2.45) is 0 Å². The third-order valence-corrected chi connectivity index (χ3v) is 15.3. The highest BCUT2D eigenvalue weighted by atomic mass is 35.5. The molecule has 8 aliphatic rings. The van der Waals surface area contributed by atoms with Gasteiger partial charge in [0, 0.05) is 102 Å². The Morgan fingerprint density at radius 1 is 0.595 bits per heavy atom. The molecule has 20 nitrogen and oxygen atoms in total. The summed E-state index contributed by atoms with van der Waals surface area (Å²) in [7, 11) is 7.07. The molecule has 6 saturated heterocycles. The van der Waals surface area contributed by atoms with Crippen LogP contribution in [-0.2, 0) is 9.59 Å². The normalized spacial score (nSPS) is 21.6. The zero-order chi connectivity index (χ0) is 50.9. The second kappa shape index (κ2) is 22.4. The van der Waals surface area contributed by atoms with Crippen LogP contribution in [0.1, 0.15) is 118 Å². The molecule has 0 spiro atoms. The molecule has 8 fully saturated rings. The number of piperidine rings is 2. The van der Waals surface area contributed by atoms with Gasteiger partial charge in [-0.1, -0.05) is 33.1 Å². The van der Waals surface area contributed by atoms with Crippen LogP contribution in [0.3, 0.4) is 0 Å². The Labute approximate surface area is 437 Å². The summed E-state index contributed by atoms with van der Waals surface area (Å²) in [5.41, 5.74) is 10.1. The van der Waals surface area contributed by atoms with Gasteiger partial charge in [0.15, 0.2) is 0 Å². The van der Waals surface area contributed by atoms with Crippen molar-refractivity contribution in [1.82, 2.24) is 58.6 Å². The molecule has 2 aliphatic carbocycles. The number of carbonyl (C=O) groups excluding carboxylic acids is 4. The van der Waals surface area contributed by atoms with Crippen LogP contribution < -0.4 is 20.9 Å². The average Bonchev–Trinajstić information content (AvgIpc) is 4.19. The number of aromatic nitrogens is 8. The first-order chi connectivity index (χ1) is 35.3. The Bertz CT molecular complexity index is 2970. The van der Waals surface area contributed by atoms with Crippen molar-refractivity contribution in [2.75, 3.05) is 88.3 Å². The molecule has 12 heterocycles. The predicted octanol–water partition coefficient (Wildman–Crippen LogP) is 7.21. The number of nitrogens with one attached hydrogen (secondary N) is 1. The molecule has 6 aromatic heterocycles. The molecular formula is C53H69ClN16O4. The maximum Gasteiger partial charge on any atom is 0.270 e. The van der Waals surface area contributed by atoms with E-state index < -0.39 is 0 Å². The van der Waals surface area contributed by atoms with E-state index in [1.807, 2.05) is 40.1 Å². The average molecular weight is 1030 g/mol. The molecule has 4 amide bonds. The maximum atomic E-state index is 12.9. The number of rotatable bonds is 8. The highest BCUT2D eigenvalue weighted by Gasteiger charge is 2.36. The lowest BCUT2D eigenvalue weighted by molar-refractivity contribution is -0.119. The molecule has 4 bridgehead atoms. The van der Waals surface area contributed by atoms with Crippen LogP contribution in [0, 0.1) is 0 Å². The number of halogens is 1. The van der Waals surface area contributed by atoms with Gasteiger partial charge < -0.3 is 39.8 Å². The minimum atomic E-state index is -0.0277. The van der Waals surface area contributed by atoms with E-state index in [4.69, 9.17) is 22.3 Å². The first kappa shape index (κ1) is 52.1. The molecule has 14 rings (SSSR count). The maximum absolute atomic E-state index is 12.9. The van der Waals surface area contributed by atoms with Crippen LogP contribution >= 0.6 is 11.6 Å². The van der Waals surface area contributed by atoms with Crippen molar-refractivity contribution >= 4 is 86.3 Å². The lowest BCUT2D eigenvalue weighted by atomic mass is 10.0. The molecular weight excluding hydrogens is 960 g/mol. The van der Waals surface area contributed by atoms with Gasteiger partial charge >= 0.3 is 0 Å². The number of carbonyl (C=O) groups is 4. The molecule has 6 aromatic rings. The monoisotopic (exact) mass is 1030 g/mol. The molecule has 74 heavy (non-hydrogen) atoms. The Morgan fingerprint density at radius 2 is 1.05 bits per heavy atom. The van der Waals surface area contributed by atoms with Crippen molar-refractivity contribution in [3.63, 3.8) is 0 Å². The first-order valence-electron chi connectivity index (χ1n) is 25.7. The third-order valence-electron chi connectivity index (χ3n) is 15.2. The fourth-order valence-corrected chi connectivity index (χ4v) is 11.6. The summed E-state index contributed by atoms with van der Waals surface area (Å²) in [6, 6.07) is 12.4. The Hall–Kier alpha value is -6.77. The van der Waals surface area contributed by atoms with Crippen LogP contribution in [0.4, 0.5) is 29.0 Å². The van der Waals surface area contributed by atoms with Crippen molar-refractivity contribution in [1.29, 1.82) is 0 Å². The number of pyridine rings is 2. The topological polar surface area (TPSA) is 213 Å². The van der Waals surface area contributed by atoms with Gasteiger partial charge in [-0.15, -0.1) is 0 Å². The molecule has 0 aromatic carbocycles. The summed E-state index contributed by atoms with van der Waals surface area (Å²) in [5, 5.41) is 5.15. The van der Waals surface area contributed by atoms with E-state index in [0.29, 0.717) is 54.1 Å². The summed E-state index contributed by atoms with van der Waals surface area (Å²) in [5.74, 6) is 1.81. The molecule has 0 unspecified atom stereocenters. The van der Waals surface area contributed by atoms with Crippen LogP contribution in [0.15, 0.2) is 61.2 Å². The molecule has 6 aliphatic heterocycles. The number of fused-ring (bicyclic) bond motifs is 10. The summed E-state index contributed by atoms with van der Waals surface area (Å²) in [4.78, 5) is 88.1. The first-order valence-corrected chi connectivity index (χ1v) is 26.1. The number of nitrogen functional groups attached to an aromatic ring is 1. The predicted molar refractivity (Wildman–Crippen MR) is 288 cm³/mol. The van der Waals surface area contributed by atoms with Gasteiger partial charge in [0.2, 0.25) is 23.0 Å². The fraction of sp³-hybridized carbons (Fsp3) is 0.509. The summed E-state index contributed by atoms with van der Waals surface area (Å²) < 4.78 is 4.15. The van der Waals surface area contributed by atoms with Crippen molar-refractivity contribution in [2.45, 2.75) is 109 Å². The quantitative estimate of drug-likeness (QED) is 0.144. The van der Waals surface area contributed by atoms with Crippen molar-refractivity contribution < 1.29 is 19.2 Å². The lowest BCUT2D eigenvalue weighted by Gasteiger charge is -2.31. The zero-order valence-corrected chi connectivity index (χ0v) is 42.9. The van der Waals surface area contributed by atoms with E-state index in [9.17, 15) is 19.2 Å². The fourth-order valence-electron chi connectivity index (χ4n) is 11.5. The molecule has 21 heteroatoms. The standard InChI is InChI=1S/C26H32N8O2.C14H17ClN4O.C12H16N4O.CH4/c1-31(2)25(36)21-13-17-14-28-26(30-24(17)34(21)18-5-3-4-6-18)29-22-8-7-20(15-27-22)33-19-9-11-32(12-10-19)16-23(33)35;1-18(2)13(20)11-7-9-8-16-14(15)17-12(9)19(11)10-5-3-4-6-10;13-11-2-1-10(7-14-11)16-9-3-5-15(6-4-9)8-12(16)17;/h7-8,13-15,18-19H,3-6,9-12,16H2,1-2H3,(H,27,28,29,30);7-8,10H,3-6H2,1-2H3;1-2,7,9H,3-6,8H2,(H2,13,14);1H4. The Kier molecular flexibility index (Phi) is 15.8. The van der Waals surface area contributed by atoms with E-state index in [-0.39, 0.29) is 48.4 Å². The summed E-state index contributed by atoms with van der Waals surface area (Å²) in [6.07, 6.45) is 19.9. The molecule has 3 N–H and O–H groups in total. The number of hydrogen-bond donors (Lipinski definition) is 2. The van der Waals surface area contributed by atoms with Gasteiger partial charge in [-0.3, -0.25) is 29.0 Å². The van der Waals surface area contributed by atoms with Crippen LogP contribution in [0.2, 0.25) is 5.28 Å². The second-order valence-electron chi connectivity index (χ2n) is 20.5. The zero-order valence-electron chi connectivity index (χ0n) is 42.2. The van der Waals surface area contributed by atoms with Crippen molar-refractivity contribution in [3.8, 4) is 0 Å². The largest absolute Gasteiger partial charge is 0.384 e. The second-order valence-corrected chi connectivity index (χ2v) is 20.8. The van der Waals surface area contributed by atoms with Crippen LogP contribution in [0.5, 0.6) is 0 Å². The number of nitrogens with zero attached hydrogens (tertiary/aromatic N) is 14. The molecule has 0 radical (unpaired) electrons. The van der Waals surface area contributed by atoms with Gasteiger partial charge in [-0.05, 0) is 99.4 Å². The van der Waals surface area contributed by atoms with Crippen molar-refractivity contribution in [3.05, 3.63) is 77.9 Å². The lowest BCUT2D eigenvalue weighted by Crippen LogP contribution is -2.40. The highest BCUT2D eigenvalue weighted by Crippen LogP contribution is 2.37. The van der Waals surface area contributed by atoms with Crippen LogP contribution in [-0.4, -0.2) is 162 Å². The molecule has 392 valence electrons. The van der Waals surface area contributed by atoms with E-state index in [1.54, 1.807) is 68.8 Å². The number of nitrogens with two attached hydrogens (primary N) is 1. The Morgan fingerprint density at radius 3 is 1.50 bits per heavy atom. The SMILES string of the molecule is C.CN(C)C(=O)c1cc2cnc(Cl)nc2n1C1CCCC1.CN(C)C(=O)c1cc2cnc(Nc3ccc(N4C(=O)CN5CCC4CC5)cn3)nc2n1C1CCCC1.Nc1ccc(N2C(=O)CN3CCC2CC3)cn1. The van der Waals surface area contributed by atoms with Gasteiger partial charge in [-0.25, -0.2) is 19.9 Å². The van der Waals surface area contributed by atoms with Crippen LogP contribution in [0.25, 0.3) is 22.1 Å². The van der Waals surface area contributed by atoms with E-state index in [0.717, 1.165) is 124 Å².